The number of imide groups is 1. The van der Waals surface area contributed by atoms with Gasteiger partial charge in [-0.25, -0.2) is 9.78 Å². The molecule has 1 atom stereocenters. The molecule has 2 aliphatic heterocycles. The Kier molecular flexibility index (Phi) is 3.38. The first-order valence-corrected chi connectivity index (χ1v) is 7.30. The maximum Gasteiger partial charge on any atom is 0.325 e. The highest BCUT2D eigenvalue weighted by Gasteiger charge is 2.44. The van der Waals surface area contributed by atoms with Crippen LogP contribution in [0.1, 0.15) is 26.1 Å². The van der Waals surface area contributed by atoms with Crippen LogP contribution in [0.25, 0.3) is 0 Å². The maximum absolute atomic E-state index is 12.1. The molecular formula is C14H19N5O3. The zero-order chi connectivity index (χ0) is 15.9. The summed E-state index contributed by atoms with van der Waals surface area (Å²) in [5.74, 6) is 0.310. The van der Waals surface area contributed by atoms with Gasteiger partial charge in [0, 0.05) is 31.4 Å². The van der Waals surface area contributed by atoms with Gasteiger partial charge in [-0.2, -0.15) is 0 Å². The van der Waals surface area contributed by atoms with E-state index in [1.807, 2.05) is 10.8 Å². The van der Waals surface area contributed by atoms with Crippen molar-refractivity contribution < 1.29 is 14.4 Å². The fourth-order valence-corrected chi connectivity index (χ4v) is 2.86. The van der Waals surface area contributed by atoms with Crippen molar-refractivity contribution in [2.24, 2.45) is 0 Å². The molecule has 1 aromatic rings. The van der Waals surface area contributed by atoms with Gasteiger partial charge in [-0.1, -0.05) is 0 Å². The largest absolute Gasteiger partial charge is 0.350 e. The van der Waals surface area contributed by atoms with Gasteiger partial charge in [0.15, 0.2) is 0 Å². The fourth-order valence-electron chi connectivity index (χ4n) is 2.86. The second-order valence-electron chi connectivity index (χ2n) is 6.25. The predicted molar refractivity (Wildman–Crippen MR) is 76.8 cm³/mol. The number of rotatable bonds is 3. The zero-order valence-electron chi connectivity index (χ0n) is 12.6. The number of hydrogen-bond acceptors (Lipinski definition) is 4. The summed E-state index contributed by atoms with van der Waals surface area (Å²) in [7, 11) is 0. The third kappa shape index (κ3) is 2.56. The summed E-state index contributed by atoms with van der Waals surface area (Å²) >= 11 is 0. The van der Waals surface area contributed by atoms with Crippen LogP contribution >= 0.6 is 0 Å². The van der Waals surface area contributed by atoms with Crippen LogP contribution in [0, 0.1) is 0 Å². The minimum absolute atomic E-state index is 0.0111. The monoisotopic (exact) mass is 305 g/mol. The van der Waals surface area contributed by atoms with Crippen molar-refractivity contribution in [1.82, 2.24) is 25.1 Å². The Bertz CT molecular complexity index is 636. The third-order valence-corrected chi connectivity index (χ3v) is 4.05. The van der Waals surface area contributed by atoms with Gasteiger partial charge in [0.2, 0.25) is 5.91 Å². The molecule has 2 N–H and O–H groups in total. The topological polar surface area (TPSA) is 96.3 Å². The predicted octanol–water partition coefficient (Wildman–Crippen LogP) is -0.355. The van der Waals surface area contributed by atoms with Crippen molar-refractivity contribution in [2.45, 2.75) is 44.8 Å². The molecule has 8 heteroatoms. The summed E-state index contributed by atoms with van der Waals surface area (Å²) in [6.07, 6.45) is 5.23. The van der Waals surface area contributed by atoms with E-state index in [2.05, 4.69) is 15.6 Å². The zero-order valence-corrected chi connectivity index (χ0v) is 12.6. The van der Waals surface area contributed by atoms with Gasteiger partial charge in [0.25, 0.3) is 5.91 Å². The highest BCUT2D eigenvalue weighted by Crippen LogP contribution is 2.16. The van der Waals surface area contributed by atoms with Crippen LogP contribution in [0.5, 0.6) is 0 Å². The highest BCUT2D eigenvalue weighted by molar-refractivity contribution is 6.08. The highest BCUT2D eigenvalue weighted by atomic mass is 16.2. The molecule has 0 bridgehead atoms. The average molecular weight is 305 g/mol. The van der Waals surface area contributed by atoms with Gasteiger partial charge in [0.05, 0.1) is 0 Å². The maximum atomic E-state index is 12.1. The van der Waals surface area contributed by atoms with E-state index >= 15 is 0 Å². The van der Waals surface area contributed by atoms with Crippen molar-refractivity contribution in [1.29, 1.82) is 0 Å². The van der Waals surface area contributed by atoms with Gasteiger partial charge in [-0.05, 0) is 20.3 Å². The van der Waals surface area contributed by atoms with Crippen molar-refractivity contribution >= 4 is 17.8 Å². The summed E-state index contributed by atoms with van der Waals surface area (Å²) in [5, 5.41) is 5.44. The van der Waals surface area contributed by atoms with Crippen molar-refractivity contribution in [3.05, 3.63) is 18.2 Å². The SMILES string of the molecule is CC1(C)NC(=O)N(CC(=O)NC2CCc3nccn3C2)C1=O. The first-order chi connectivity index (χ1) is 10.4. The molecule has 3 heterocycles. The number of amides is 4. The normalized spacial score (nSPS) is 23.2. The summed E-state index contributed by atoms with van der Waals surface area (Å²) in [4.78, 5) is 41.1. The lowest BCUT2D eigenvalue weighted by atomic mass is 10.1. The van der Waals surface area contributed by atoms with Gasteiger partial charge >= 0.3 is 6.03 Å². The molecule has 1 saturated heterocycles. The number of aromatic nitrogens is 2. The van der Waals surface area contributed by atoms with Crippen molar-refractivity contribution in [3.63, 3.8) is 0 Å². The molecule has 8 nitrogen and oxygen atoms in total. The quantitative estimate of drug-likeness (QED) is 0.746. The number of imidazole rings is 1. The molecule has 4 amide bonds. The lowest BCUT2D eigenvalue weighted by Gasteiger charge is -2.25. The van der Waals surface area contributed by atoms with Crippen LogP contribution in [0.2, 0.25) is 0 Å². The minimum Gasteiger partial charge on any atom is -0.350 e. The summed E-state index contributed by atoms with van der Waals surface area (Å²) < 4.78 is 2.01. The fraction of sp³-hybridized carbons (Fsp3) is 0.571. The molecule has 118 valence electrons. The Labute approximate surface area is 127 Å². The molecule has 1 fully saturated rings. The Morgan fingerprint density at radius 2 is 2.27 bits per heavy atom. The Morgan fingerprint density at radius 3 is 2.95 bits per heavy atom. The number of hydrogen-bond donors (Lipinski definition) is 2. The molecule has 0 radical (unpaired) electrons. The summed E-state index contributed by atoms with van der Waals surface area (Å²) in [5.41, 5.74) is -0.950. The smallest absolute Gasteiger partial charge is 0.325 e. The van der Waals surface area contributed by atoms with E-state index < -0.39 is 11.6 Å². The Hall–Kier alpha value is -2.38. The number of carbonyl (C=O) groups excluding carboxylic acids is 3. The molecular weight excluding hydrogens is 286 g/mol. The van der Waals surface area contributed by atoms with Crippen molar-refractivity contribution in [3.8, 4) is 0 Å². The van der Waals surface area contributed by atoms with E-state index in [-0.39, 0.29) is 24.4 Å². The lowest BCUT2D eigenvalue weighted by Crippen LogP contribution is -2.47. The number of nitrogens with zero attached hydrogens (tertiary/aromatic N) is 3. The average Bonchev–Trinajstić information content (AvgIpc) is 2.97. The summed E-state index contributed by atoms with van der Waals surface area (Å²) in [6, 6.07) is -0.534. The van der Waals surface area contributed by atoms with E-state index in [0.717, 1.165) is 23.6 Å². The molecule has 3 rings (SSSR count). The van der Waals surface area contributed by atoms with Crippen LogP contribution in [0.4, 0.5) is 4.79 Å². The van der Waals surface area contributed by atoms with E-state index in [9.17, 15) is 14.4 Å². The third-order valence-electron chi connectivity index (χ3n) is 4.05. The second kappa shape index (κ2) is 5.11. The molecule has 0 spiro atoms. The molecule has 1 aromatic heterocycles. The van der Waals surface area contributed by atoms with Crippen LogP contribution in [-0.2, 0) is 22.6 Å². The standard InChI is InChI=1S/C14H19N5O3/c1-14(2)12(21)19(13(22)17-14)8-11(20)16-9-3-4-10-15-5-6-18(10)7-9/h5-6,9H,3-4,7-8H2,1-2H3,(H,16,20)(H,17,22). The van der Waals surface area contributed by atoms with E-state index in [4.69, 9.17) is 0 Å². The molecule has 1 unspecified atom stereocenters. The molecule has 0 aromatic carbocycles. The second-order valence-corrected chi connectivity index (χ2v) is 6.25. The van der Waals surface area contributed by atoms with Gasteiger partial charge < -0.3 is 15.2 Å². The first-order valence-electron chi connectivity index (χ1n) is 7.30. The van der Waals surface area contributed by atoms with Gasteiger partial charge in [0.1, 0.15) is 17.9 Å². The van der Waals surface area contributed by atoms with Crippen LogP contribution in [0.15, 0.2) is 12.4 Å². The number of nitrogens with one attached hydrogen (secondary N) is 2. The van der Waals surface area contributed by atoms with Crippen LogP contribution in [-0.4, -0.2) is 50.4 Å². The van der Waals surface area contributed by atoms with E-state index in [1.165, 1.54) is 0 Å². The minimum atomic E-state index is -0.950. The molecule has 22 heavy (non-hydrogen) atoms. The Balaban J connectivity index is 1.58. The van der Waals surface area contributed by atoms with Gasteiger partial charge in [-0.15, -0.1) is 0 Å². The van der Waals surface area contributed by atoms with E-state index in [1.54, 1.807) is 20.0 Å². The molecule has 0 saturated carbocycles. The molecule has 0 aliphatic carbocycles. The Morgan fingerprint density at radius 1 is 1.50 bits per heavy atom. The summed E-state index contributed by atoms with van der Waals surface area (Å²) in [6.45, 7) is 3.65. The first kappa shape index (κ1) is 14.6. The lowest BCUT2D eigenvalue weighted by molar-refractivity contribution is -0.134. The number of aryl methyl sites for hydroxylation is 1. The number of carbonyl (C=O) groups is 3. The molecule has 2 aliphatic rings. The number of urea groups is 1. The van der Waals surface area contributed by atoms with Crippen molar-refractivity contribution in [2.75, 3.05) is 6.54 Å². The van der Waals surface area contributed by atoms with Gasteiger partial charge in [-0.3, -0.25) is 14.5 Å². The van der Waals surface area contributed by atoms with Crippen LogP contribution < -0.4 is 10.6 Å². The number of fused-ring (bicyclic) bond motifs is 1. The van der Waals surface area contributed by atoms with Crippen LogP contribution in [0.3, 0.4) is 0 Å². The van der Waals surface area contributed by atoms with E-state index in [0.29, 0.717) is 6.54 Å².